The van der Waals surface area contributed by atoms with Crippen molar-refractivity contribution in [2.24, 2.45) is 0 Å². The third-order valence-corrected chi connectivity index (χ3v) is 4.27. The highest BCUT2D eigenvalue weighted by Crippen LogP contribution is 2.27. The third kappa shape index (κ3) is 3.20. The van der Waals surface area contributed by atoms with Crippen molar-refractivity contribution in [1.82, 2.24) is 9.88 Å². The van der Waals surface area contributed by atoms with E-state index < -0.39 is 16.5 Å². The van der Waals surface area contributed by atoms with Gasteiger partial charge in [-0.05, 0) is 30.0 Å². The van der Waals surface area contributed by atoms with Crippen LogP contribution < -0.4 is 0 Å². The Morgan fingerprint density at radius 3 is 2.81 bits per heavy atom. The van der Waals surface area contributed by atoms with E-state index in [1.165, 1.54) is 28.5 Å². The average molecular weight is 326 g/mol. The van der Waals surface area contributed by atoms with E-state index in [2.05, 4.69) is 4.98 Å². The van der Waals surface area contributed by atoms with Crippen molar-refractivity contribution < 1.29 is 9.72 Å². The minimum absolute atomic E-state index is 0.0586. The molecule has 110 valence electrons. The van der Waals surface area contributed by atoms with Crippen LogP contribution in [-0.4, -0.2) is 27.8 Å². The Kier molecular flexibility index (Phi) is 4.54. The summed E-state index contributed by atoms with van der Waals surface area (Å²) in [6, 6.07) is 3.27. The number of nitro groups is 1. The fourth-order valence-corrected chi connectivity index (χ4v) is 3.02. The Balaban J connectivity index is 2.30. The van der Waals surface area contributed by atoms with E-state index >= 15 is 0 Å². The molecule has 1 amide bonds. The average Bonchev–Trinajstić information content (AvgIpc) is 2.82. The Morgan fingerprint density at radius 2 is 2.24 bits per heavy atom. The SMILES string of the molecule is Cc1ccsc1CN(C)C(=O)c1ccnc(Cl)c1[N+](=O)[O-]. The number of rotatable bonds is 4. The Hall–Kier alpha value is -1.99. The summed E-state index contributed by atoms with van der Waals surface area (Å²) >= 11 is 7.26. The smallest absolute Gasteiger partial charge is 0.319 e. The Bertz CT molecular complexity index is 702. The molecule has 8 heteroatoms. The molecule has 2 rings (SSSR count). The van der Waals surface area contributed by atoms with Crippen LogP contribution >= 0.6 is 22.9 Å². The molecule has 2 heterocycles. The molecule has 6 nitrogen and oxygen atoms in total. The van der Waals surface area contributed by atoms with Crippen LogP contribution in [0.25, 0.3) is 0 Å². The van der Waals surface area contributed by atoms with Crippen molar-refractivity contribution in [3.8, 4) is 0 Å². The van der Waals surface area contributed by atoms with Gasteiger partial charge in [0.05, 0.1) is 11.5 Å². The largest absolute Gasteiger partial charge is 0.336 e. The number of carbonyl (C=O) groups is 1. The van der Waals surface area contributed by atoms with Gasteiger partial charge in [0.25, 0.3) is 5.91 Å². The number of halogens is 1. The van der Waals surface area contributed by atoms with Gasteiger partial charge < -0.3 is 4.90 Å². The van der Waals surface area contributed by atoms with Crippen LogP contribution in [0.4, 0.5) is 5.69 Å². The molecule has 0 aliphatic carbocycles. The molecule has 2 aromatic rings. The summed E-state index contributed by atoms with van der Waals surface area (Å²) < 4.78 is 0. The summed E-state index contributed by atoms with van der Waals surface area (Å²) in [4.78, 5) is 28.9. The first-order valence-corrected chi connectivity index (χ1v) is 7.25. The van der Waals surface area contributed by atoms with Crippen molar-refractivity contribution in [1.29, 1.82) is 0 Å². The number of thiophene rings is 1. The summed E-state index contributed by atoms with van der Waals surface area (Å²) in [5.41, 5.74) is 0.567. The van der Waals surface area contributed by atoms with Crippen LogP contribution in [0.15, 0.2) is 23.7 Å². The molecule has 0 saturated carbocycles. The predicted molar refractivity (Wildman–Crippen MR) is 80.8 cm³/mol. The molecule has 0 fully saturated rings. The standard InChI is InChI=1S/C13H12ClN3O3S/c1-8-4-6-21-10(8)7-16(2)13(18)9-3-5-15-12(14)11(9)17(19)20/h3-6H,7H2,1-2H3. The van der Waals surface area contributed by atoms with Crippen molar-refractivity contribution in [3.05, 3.63) is 55.0 Å². The first-order valence-electron chi connectivity index (χ1n) is 5.99. The van der Waals surface area contributed by atoms with E-state index in [0.717, 1.165) is 10.4 Å². The monoisotopic (exact) mass is 325 g/mol. The number of aromatic nitrogens is 1. The molecule has 0 radical (unpaired) electrons. The first kappa shape index (κ1) is 15.4. The van der Waals surface area contributed by atoms with Crippen LogP contribution in [0.2, 0.25) is 5.15 Å². The molecule has 0 spiro atoms. The van der Waals surface area contributed by atoms with E-state index in [0.29, 0.717) is 6.54 Å². The van der Waals surface area contributed by atoms with Crippen molar-refractivity contribution in [2.45, 2.75) is 13.5 Å². The Morgan fingerprint density at radius 1 is 1.52 bits per heavy atom. The molecule has 0 aromatic carbocycles. The maximum Gasteiger partial charge on any atom is 0.319 e. The normalized spacial score (nSPS) is 10.4. The maximum atomic E-state index is 12.4. The lowest BCUT2D eigenvalue weighted by molar-refractivity contribution is -0.385. The van der Waals surface area contributed by atoms with Crippen LogP contribution in [0.5, 0.6) is 0 Å². The number of hydrogen-bond acceptors (Lipinski definition) is 5. The quantitative estimate of drug-likeness (QED) is 0.491. The molecule has 0 aliphatic rings. The highest BCUT2D eigenvalue weighted by atomic mass is 35.5. The van der Waals surface area contributed by atoms with Crippen LogP contribution in [0, 0.1) is 17.0 Å². The number of carbonyl (C=O) groups excluding carboxylic acids is 1. The van der Waals surface area contributed by atoms with Crippen LogP contribution in [0.3, 0.4) is 0 Å². The number of pyridine rings is 1. The van der Waals surface area contributed by atoms with Gasteiger partial charge in [-0.2, -0.15) is 0 Å². The van der Waals surface area contributed by atoms with Gasteiger partial charge in [-0.1, -0.05) is 11.6 Å². The summed E-state index contributed by atoms with van der Waals surface area (Å²) in [6.45, 7) is 2.34. The second kappa shape index (κ2) is 6.19. The molecule has 0 N–H and O–H groups in total. The molecular weight excluding hydrogens is 314 g/mol. The number of nitrogens with zero attached hydrogens (tertiary/aromatic N) is 3. The van der Waals surface area contributed by atoms with Crippen LogP contribution in [0.1, 0.15) is 20.8 Å². The third-order valence-electron chi connectivity index (χ3n) is 2.99. The second-order valence-electron chi connectivity index (χ2n) is 4.44. The maximum absolute atomic E-state index is 12.4. The predicted octanol–water partition coefficient (Wildman–Crippen LogP) is 3.29. The van der Waals surface area contributed by atoms with Gasteiger partial charge >= 0.3 is 5.69 Å². The van der Waals surface area contributed by atoms with E-state index in [-0.39, 0.29) is 10.7 Å². The summed E-state index contributed by atoms with van der Waals surface area (Å²) in [5, 5.41) is 12.7. The van der Waals surface area contributed by atoms with E-state index in [4.69, 9.17) is 11.6 Å². The number of hydrogen-bond donors (Lipinski definition) is 0. The van der Waals surface area contributed by atoms with Gasteiger partial charge in [-0.25, -0.2) is 4.98 Å². The topological polar surface area (TPSA) is 76.3 Å². The number of aryl methyl sites for hydroxylation is 1. The minimum atomic E-state index is -0.688. The highest BCUT2D eigenvalue weighted by Gasteiger charge is 2.27. The first-order chi connectivity index (χ1) is 9.91. The van der Waals surface area contributed by atoms with E-state index in [9.17, 15) is 14.9 Å². The molecule has 0 bridgehead atoms. The van der Waals surface area contributed by atoms with Crippen molar-refractivity contribution in [3.63, 3.8) is 0 Å². The van der Waals surface area contributed by atoms with E-state index in [1.54, 1.807) is 7.05 Å². The minimum Gasteiger partial charge on any atom is -0.336 e. The van der Waals surface area contributed by atoms with Crippen LogP contribution in [-0.2, 0) is 6.54 Å². The van der Waals surface area contributed by atoms with Crippen molar-refractivity contribution in [2.75, 3.05) is 7.05 Å². The van der Waals surface area contributed by atoms with Gasteiger partial charge in [0.2, 0.25) is 5.15 Å². The van der Waals surface area contributed by atoms with Gasteiger partial charge in [0.15, 0.2) is 0 Å². The molecule has 0 saturated heterocycles. The zero-order chi connectivity index (χ0) is 15.6. The second-order valence-corrected chi connectivity index (χ2v) is 5.80. The van der Waals surface area contributed by atoms with Gasteiger partial charge in [-0.15, -0.1) is 11.3 Å². The highest BCUT2D eigenvalue weighted by molar-refractivity contribution is 7.10. The fourth-order valence-electron chi connectivity index (χ4n) is 1.83. The lowest BCUT2D eigenvalue weighted by Gasteiger charge is -2.17. The molecule has 0 aliphatic heterocycles. The van der Waals surface area contributed by atoms with E-state index in [1.807, 2.05) is 18.4 Å². The fraction of sp³-hybridized carbons (Fsp3) is 0.231. The lowest BCUT2D eigenvalue weighted by atomic mass is 10.2. The molecule has 0 atom stereocenters. The van der Waals surface area contributed by atoms with Gasteiger partial charge in [-0.3, -0.25) is 14.9 Å². The Labute approximate surface area is 130 Å². The summed E-state index contributed by atoms with van der Waals surface area (Å²) in [5.74, 6) is -0.459. The number of amides is 1. The molecule has 21 heavy (non-hydrogen) atoms. The lowest BCUT2D eigenvalue weighted by Crippen LogP contribution is -2.27. The molecule has 0 unspecified atom stereocenters. The van der Waals surface area contributed by atoms with Gasteiger partial charge in [0.1, 0.15) is 5.56 Å². The zero-order valence-electron chi connectivity index (χ0n) is 11.4. The van der Waals surface area contributed by atoms with Gasteiger partial charge in [0, 0.05) is 18.1 Å². The van der Waals surface area contributed by atoms with Crippen molar-refractivity contribution >= 4 is 34.5 Å². The summed E-state index contributed by atoms with van der Waals surface area (Å²) in [6.07, 6.45) is 1.28. The zero-order valence-corrected chi connectivity index (χ0v) is 12.9. The molecule has 2 aromatic heterocycles. The molecular formula is C13H12ClN3O3S. The summed E-state index contributed by atoms with van der Waals surface area (Å²) in [7, 11) is 1.60.